The first-order valence-electron chi connectivity index (χ1n) is 10.1. The van der Waals surface area contributed by atoms with Crippen molar-refractivity contribution in [1.29, 1.82) is 0 Å². The summed E-state index contributed by atoms with van der Waals surface area (Å²) in [7, 11) is -3.62. The van der Waals surface area contributed by atoms with Crippen LogP contribution in [-0.4, -0.2) is 67.1 Å². The zero-order valence-electron chi connectivity index (χ0n) is 17.3. The highest BCUT2D eigenvalue weighted by Crippen LogP contribution is 2.26. The molecule has 0 saturated carbocycles. The van der Waals surface area contributed by atoms with Crippen LogP contribution in [0.3, 0.4) is 0 Å². The van der Waals surface area contributed by atoms with Gasteiger partial charge in [0.2, 0.25) is 16.0 Å². The van der Waals surface area contributed by atoms with Gasteiger partial charge in [-0.3, -0.25) is 0 Å². The highest BCUT2D eigenvalue weighted by Gasteiger charge is 2.34. The lowest BCUT2D eigenvalue weighted by Gasteiger charge is -2.35. The maximum Gasteiger partial charge on any atom is 0.248 e. The first-order chi connectivity index (χ1) is 13.9. The molecule has 0 bridgehead atoms. The number of piperidine rings is 1. The Kier molecular flexibility index (Phi) is 5.48. The molecule has 0 radical (unpaired) electrons. The van der Waals surface area contributed by atoms with Crippen molar-refractivity contribution < 1.29 is 12.9 Å². The van der Waals surface area contributed by atoms with E-state index in [1.54, 1.807) is 13.8 Å². The minimum Gasteiger partial charge on any atom is -0.360 e. The van der Waals surface area contributed by atoms with E-state index in [1.807, 2.05) is 13.0 Å². The molecule has 0 unspecified atom stereocenters. The summed E-state index contributed by atoms with van der Waals surface area (Å²) in [6.45, 7) is 9.17. The van der Waals surface area contributed by atoms with Gasteiger partial charge in [-0.2, -0.15) is 9.29 Å². The van der Waals surface area contributed by atoms with Crippen LogP contribution in [0, 0.1) is 20.8 Å². The summed E-state index contributed by atoms with van der Waals surface area (Å²) in [5.41, 5.74) is 1.33. The highest BCUT2D eigenvalue weighted by molar-refractivity contribution is 7.89. The van der Waals surface area contributed by atoms with E-state index in [0.29, 0.717) is 43.6 Å². The maximum absolute atomic E-state index is 13.0. The zero-order valence-corrected chi connectivity index (χ0v) is 18.1. The Balaban J connectivity index is 1.49. The van der Waals surface area contributed by atoms with E-state index in [4.69, 9.17) is 9.51 Å². The Morgan fingerprint density at radius 2 is 1.59 bits per heavy atom. The third-order valence-electron chi connectivity index (χ3n) is 5.60. The number of anilines is 2. The molecule has 0 N–H and O–H groups in total. The number of nitrogens with zero attached hydrogens (tertiary/aromatic N) is 6. The van der Waals surface area contributed by atoms with Crippen LogP contribution < -0.4 is 9.80 Å². The van der Waals surface area contributed by atoms with Crippen molar-refractivity contribution in [2.45, 2.75) is 44.9 Å². The number of hydrogen-bond acceptors (Lipinski definition) is 8. The van der Waals surface area contributed by atoms with Crippen LogP contribution in [0.5, 0.6) is 0 Å². The minimum absolute atomic E-state index is 0.185. The number of aryl methyl sites for hydroxylation is 3. The lowest BCUT2D eigenvalue weighted by molar-refractivity contribution is 0.377. The van der Waals surface area contributed by atoms with Crippen LogP contribution in [0.4, 0.5) is 11.8 Å². The van der Waals surface area contributed by atoms with Gasteiger partial charge in [0.1, 0.15) is 16.4 Å². The van der Waals surface area contributed by atoms with E-state index in [0.717, 1.165) is 24.6 Å². The summed E-state index contributed by atoms with van der Waals surface area (Å²) >= 11 is 0. The molecule has 2 aliphatic rings. The second-order valence-corrected chi connectivity index (χ2v) is 9.63. The summed E-state index contributed by atoms with van der Waals surface area (Å²) in [4.78, 5) is 14.0. The van der Waals surface area contributed by atoms with Gasteiger partial charge in [0.15, 0.2) is 5.76 Å². The smallest absolute Gasteiger partial charge is 0.248 e. The Labute approximate surface area is 171 Å². The molecule has 0 aromatic carbocycles. The van der Waals surface area contributed by atoms with Crippen LogP contribution in [0.15, 0.2) is 15.5 Å². The molecule has 2 saturated heterocycles. The summed E-state index contributed by atoms with van der Waals surface area (Å²) in [5, 5.41) is 3.79. The summed E-state index contributed by atoms with van der Waals surface area (Å²) < 4.78 is 32.6. The van der Waals surface area contributed by atoms with Gasteiger partial charge in [0.05, 0.1) is 0 Å². The molecule has 2 fully saturated rings. The molecular formula is C19H28N6O3S. The fraction of sp³-hybridized carbons (Fsp3) is 0.632. The third-order valence-corrected chi connectivity index (χ3v) is 7.74. The molecule has 10 heteroatoms. The lowest BCUT2D eigenvalue weighted by atomic mass is 10.1. The van der Waals surface area contributed by atoms with Gasteiger partial charge in [0, 0.05) is 51.0 Å². The number of aromatic nitrogens is 3. The molecule has 2 aliphatic heterocycles. The lowest BCUT2D eigenvalue weighted by Crippen LogP contribution is -2.49. The van der Waals surface area contributed by atoms with E-state index in [1.165, 1.54) is 23.6 Å². The van der Waals surface area contributed by atoms with Gasteiger partial charge < -0.3 is 14.3 Å². The van der Waals surface area contributed by atoms with E-state index in [9.17, 15) is 8.42 Å². The Hall–Kier alpha value is -2.20. The quantitative estimate of drug-likeness (QED) is 0.740. The van der Waals surface area contributed by atoms with Crippen LogP contribution in [0.1, 0.15) is 36.4 Å². The molecule has 0 spiro atoms. The molecule has 2 aromatic rings. The fourth-order valence-corrected chi connectivity index (χ4v) is 5.78. The second-order valence-electron chi connectivity index (χ2n) is 7.76. The third kappa shape index (κ3) is 3.95. The Bertz CT molecular complexity index is 956. The molecule has 0 aliphatic carbocycles. The average molecular weight is 421 g/mol. The van der Waals surface area contributed by atoms with Crippen LogP contribution in [0.25, 0.3) is 0 Å². The van der Waals surface area contributed by atoms with Crippen molar-refractivity contribution in [1.82, 2.24) is 19.4 Å². The van der Waals surface area contributed by atoms with E-state index >= 15 is 0 Å². The first kappa shape index (κ1) is 20.1. The van der Waals surface area contributed by atoms with Crippen LogP contribution in [0.2, 0.25) is 0 Å². The summed E-state index contributed by atoms with van der Waals surface area (Å²) in [6.07, 6.45) is 3.65. The first-order valence-corrected chi connectivity index (χ1v) is 11.6. The predicted octanol–water partition coefficient (Wildman–Crippen LogP) is 1.89. The molecule has 0 amide bonds. The molecular weight excluding hydrogens is 392 g/mol. The number of piperazine rings is 1. The topological polar surface area (TPSA) is 95.7 Å². The SMILES string of the molecule is Cc1cc(N2CCCCC2)nc(N2CCN(S(=O)(=O)c3c(C)noc3C)CC2)n1. The van der Waals surface area contributed by atoms with E-state index < -0.39 is 10.0 Å². The average Bonchev–Trinajstić information content (AvgIpc) is 3.07. The maximum atomic E-state index is 13.0. The monoisotopic (exact) mass is 420 g/mol. The molecule has 2 aromatic heterocycles. The van der Waals surface area contributed by atoms with Gasteiger partial charge in [-0.05, 0) is 40.0 Å². The Morgan fingerprint density at radius 1 is 0.897 bits per heavy atom. The van der Waals surface area contributed by atoms with Crippen molar-refractivity contribution >= 4 is 21.8 Å². The van der Waals surface area contributed by atoms with Gasteiger partial charge >= 0.3 is 0 Å². The normalized spacial score (nSPS) is 19.0. The van der Waals surface area contributed by atoms with E-state index in [-0.39, 0.29) is 4.90 Å². The standard InChI is InChI=1S/C19H28N6O3S/c1-14-13-17(23-7-5-4-6-8-23)21-19(20-14)24-9-11-25(12-10-24)29(26,27)18-15(2)22-28-16(18)3/h13H,4-12H2,1-3H3. The largest absolute Gasteiger partial charge is 0.360 e. The van der Waals surface area contributed by atoms with Crippen molar-refractivity contribution in [2.75, 3.05) is 49.1 Å². The molecule has 29 heavy (non-hydrogen) atoms. The van der Waals surface area contributed by atoms with Crippen molar-refractivity contribution in [3.63, 3.8) is 0 Å². The van der Waals surface area contributed by atoms with Gasteiger partial charge in [-0.15, -0.1) is 0 Å². The van der Waals surface area contributed by atoms with Crippen LogP contribution >= 0.6 is 0 Å². The molecule has 4 heterocycles. The highest BCUT2D eigenvalue weighted by atomic mass is 32.2. The van der Waals surface area contributed by atoms with Gasteiger partial charge in [0.25, 0.3) is 0 Å². The number of rotatable bonds is 4. The minimum atomic E-state index is -3.62. The number of hydrogen-bond donors (Lipinski definition) is 0. The molecule has 9 nitrogen and oxygen atoms in total. The number of sulfonamides is 1. The summed E-state index contributed by atoms with van der Waals surface area (Å²) in [5.74, 6) is 1.98. The predicted molar refractivity (Wildman–Crippen MR) is 110 cm³/mol. The van der Waals surface area contributed by atoms with Gasteiger partial charge in [-0.1, -0.05) is 5.16 Å². The zero-order chi connectivity index (χ0) is 20.6. The van der Waals surface area contributed by atoms with Crippen molar-refractivity contribution in [2.24, 2.45) is 0 Å². The summed E-state index contributed by atoms with van der Waals surface area (Å²) in [6, 6.07) is 2.03. The molecule has 4 rings (SSSR count). The van der Waals surface area contributed by atoms with Crippen molar-refractivity contribution in [3.8, 4) is 0 Å². The second kappa shape index (κ2) is 7.91. The molecule has 158 valence electrons. The van der Waals surface area contributed by atoms with Gasteiger partial charge in [-0.25, -0.2) is 13.4 Å². The Morgan fingerprint density at radius 3 is 2.21 bits per heavy atom. The van der Waals surface area contributed by atoms with E-state index in [2.05, 4.69) is 19.9 Å². The fourth-order valence-electron chi connectivity index (χ4n) is 4.06. The van der Waals surface area contributed by atoms with Crippen molar-refractivity contribution in [3.05, 3.63) is 23.2 Å². The molecule has 0 atom stereocenters. The van der Waals surface area contributed by atoms with Crippen LogP contribution in [-0.2, 0) is 10.0 Å².